The van der Waals surface area contributed by atoms with Gasteiger partial charge in [0.05, 0.1) is 0 Å². The highest BCUT2D eigenvalue weighted by atomic mass is 15.6. The Hall–Kier alpha value is -2.50. The molecule has 0 aliphatic carbocycles. The number of aromatic nitrogens is 5. The Balaban J connectivity index is 1.57. The lowest BCUT2D eigenvalue weighted by Gasteiger charge is -2.12. The molecule has 0 fully saturated rings. The van der Waals surface area contributed by atoms with Gasteiger partial charge in [0.2, 0.25) is 0 Å². The quantitative estimate of drug-likeness (QED) is 0.767. The molecule has 102 valence electrons. The molecule has 3 rings (SSSR count). The van der Waals surface area contributed by atoms with Crippen LogP contribution in [0.2, 0.25) is 0 Å². The van der Waals surface area contributed by atoms with Gasteiger partial charge in [-0.3, -0.25) is 0 Å². The first-order valence-corrected chi connectivity index (χ1v) is 6.67. The maximum absolute atomic E-state index is 4.27. The average Bonchev–Trinajstić information content (AvgIpc) is 2.95. The summed E-state index contributed by atoms with van der Waals surface area (Å²) in [4.78, 5) is 0. The van der Waals surface area contributed by atoms with Crippen molar-refractivity contribution in [2.75, 3.05) is 11.9 Å². The zero-order valence-electron chi connectivity index (χ0n) is 11.3. The smallest absolute Gasteiger partial charge is 0.200 e. The highest BCUT2D eigenvalue weighted by Gasteiger charge is 2.05. The zero-order valence-corrected chi connectivity index (χ0v) is 11.3. The van der Waals surface area contributed by atoms with Crippen LogP contribution in [0.1, 0.15) is 24.8 Å². The summed E-state index contributed by atoms with van der Waals surface area (Å²) >= 11 is 0. The number of benzene rings is 1. The third-order valence-corrected chi connectivity index (χ3v) is 3.32. The summed E-state index contributed by atoms with van der Waals surface area (Å²) in [5, 5.41) is 18.7. The van der Waals surface area contributed by atoms with Crippen LogP contribution in [-0.2, 0) is 0 Å². The van der Waals surface area contributed by atoms with E-state index in [1.807, 2.05) is 18.2 Å². The fourth-order valence-electron chi connectivity index (χ4n) is 2.11. The van der Waals surface area contributed by atoms with Crippen LogP contribution in [0.4, 0.5) is 5.82 Å². The lowest BCUT2D eigenvalue weighted by molar-refractivity contribution is 0.697. The number of tetrazole rings is 1. The van der Waals surface area contributed by atoms with Gasteiger partial charge in [-0.15, -0.1) is 14.8 Å². The molecule has 0 aliphatic rings. The SMILES string of the molecule is CC(CCNc1ccc2nnnn2n1)c1ccccc1. The van der Waals surface area contributed by atoms with Gasteiger partial charge in [0.15, 0.2) is 5.65 Å². The van der Waals surface area contributed by atoms with Crippen molar-refractivity contribution in [3.05, 3.63) is 48.0 Å². The summed E-state index contributed by atoms with van der Waals surface area (Å²) in [6.45, 7) is 3.09. The highest BCUT2D eigenvalue weighted by molar-refractivity contribution is 5.42. The van der Waals surface area contributed by atoms with E-state index in [-0.39, 0.29) is 0 Å². The molecule has 2 heterocycles. The minimum Gasteiger partial charge on any atom is -0.369 e. The largest absolute Gasteiger partial charge is 0.369 e. The Morgan fingerprint density at radius 1 is 1.15 bits per heavy atom. The number of nitrogens with zero attached hydrogens (tertiary/aromatic N) is 5. The molecule has 0 amide bonds. The van der Waals surface area contributed by atoms with Crippen LogP contribution >= 0.6 is 0 Å². The fourth-order valence-corrected chi connectivity index (χ4v) is 2.11. The van der Waals surface area contributed by atoms with Crippen LogP contribution in [0, 0.1) is 0 Å². The van der Waals surface area contributed by atoms with Crippen molar-refractivity contribution in [1.29, 1.82) is 0 Å². The van der Waals surface area contributed by atoms with Crippen molar-refractivity contribution in [2.24, 2.45) is 0 Å². The number of rotatable bonds is 5. The van der Waals surface area contributed by atoms with E-state index in [1.54, 1.807) is 0 Å². The third-order valence-electron chi connectivity index (χ3n) is 3.32. The van der Waals surface area contributed by atoms with Gasteiger partial charge in [-0.2, -0.15) is 0 Å². The number of hydrogen-bond donors (Lipinski definition) is 1. The van der Waals surface area contributed by atoms with Gasteiger partial charge in [0.25, 0.3) is 0 Å². The van der Waals surface area contributed by atoms with Crippen molar-refractivity contribution in [3.8, 4) is 0 Å². The Morgan fingerprint density at radius 3 is 2.85 bits per heavy atom. The van der Waals surface area contributed by atoms with E-state index in [2.05, 4.69) is 57.1 Å². The Labute approximate surface area is 116 Å². The first-order valence-electron chi connectivity index (χ1n) is 6.67. The molecular formula is C14H16N6. The predicted octanol–water partition coefficient (Wildman–Crippen LogP) is 2.12. The van der Waals surface area contributed by atoms with E-state index in [4.69, 9.17) is 0 Å². The molecule has 1 N–H and O–H groups in total. The summed E-state index contributed by atoms with van der Waals surface area (Å²) in [6, 6.07) is 14.2. The van der Waals surface area contributed by atoms with Crippen molar-refractivity contribution < 1.29 is 0 Å². The summed E-state index contributed by atoms with van der Waals surface area (Å²) in [6.07, 6.45) is 1.04. The molecule has 0 aliphatic heterocycles. The van der Waals surface area contributed by atoms with Gasteiger partial charge in [-0.05, 0) is 40.5 Å². The monoisotopic (exact) mass is 268 g/mol. The Morgan fingerprint density at radius 2 is 2.00 bits per heavy atom. The third kappa shape index (κ3) is 2.74. The lowest BCUT2D eigenvalue weighted by atomic mass is 9.98. The number of anilines is 1. The second kappa shape index (κ2) is 5.64. The molecule has 2 aromatic heterocycles. The topological polar surface area (TPSA) is 68.0 Å². The molecule has 0 saturated carbocycles. The summed E-state index contributed by atoms with van der Waals surface area (Å²) in [7, 11) is 0. The molecule has 6 nitrogen and oxygen atoms in total. The molecular weight excluding hydrogens is 252 g/mol. The molecule has 3 aromatic rings. The summed E-state index contributed by atoms with van der Waals surface area (Å²) in [5.74, 6) is 1.30. The molecule has 0 bridgehead atoms. The van der Waals surface area contributed by atoms with Crippen molar-refractivity contribution in [1.82, 2.24) is 25.3 Å². The van der Waals surface area contributed by atoms with Crippen LogP contribution < -0.4 is 5.32 Å². The van der Waals surface area contributed by atoms with Crippen LogP contribution in [0.25, 0.3) is 5.65 Å². The first kappa shape index (κ1) is 12.5. The minimum atomic E-state index is 0.514. The number of hydrogen-bond acceptors (Lipinski definition) is 5. The highest BCUT2D eigenvalue weighted by Crippen LogP contribution is 2.18. The van der Waals surface area contributed by atoms with Gasteiger partial charge < -0.3 is 5.32 Å². The lowest BCUT2D eigenvalue weighted by Crippen LogP contribution is -2.08. The van der Waals surface area contributed by atoms with Crippen molar-refractivity contribution in [3.63, 3.8) is 0 Å². The maximum Gasteiger partial charge on any atom is 0.200 e. The molecule has 1 aromatic carbocycles. The summed E-state index contributed by atoms with van der Waals surface area (Å²) < 4.78 is 1.42. The van der Waals surface area contributed by atoms with Gasteiger partial charge in [0.1, 0.15) is 5.82 Å². The minimum absolute atomic E-state index is 0.514. The van der Waals surface area contributed by atoms with Gasteiger partial charge in [-0.1, -0.05) is 37.3 Å². The standard InChI is InChI=1S/C14H16N6/c1-11(12-5-3-2-4-6-12)9-10-15-13-7-8-14-16-18-19-20(14)17-13/h2-8,11H,9-10H2,1H3,(H,15,17). The molecule has 1 unspecified atom stereocenters. The van der Waals surface area contributed by atoms with Gasteiger partial charge >= 0.3 is 0 Å². The second-order valence-electron chi connectivity index (χ2n) is 4.77. The normalized spacial score (nSPS) is 12.4. The van der Waals surface area contributed by atoms with Crippen LogP contribution in [0.5, 0.6) is 0 Å². The van der Waals surface area contributed by atoms with Crippen LogP contribution in [0.3, 0.4) is 0 Å². The molecule has 0 saturated heterocycles. The zero-order chi connectivity index (χ0) is 13.8. The maximum atomic E-state index is 4.27. The number of nitrogens with one attached hydrogen (secondary N) is 1. The van der Waals surface area contributed by atoms with Gasteiger partial charge in [-0.25, -0.2) is 0 Å². The molecule has 0 spiro atoms. The molecule has 6 heteroatoms. The molecule has 1 atom stereocenters. The summed E-state index contributed by atoms with van der Waals surface area (Å²) in [5.41, 5.74) is 2.01. The Kier molecular flexibility index (Phi) is 3.54. The molecule has 0 radical (unpaired) electrons. The van der Waals surface area contributed by atoms with Crippen molar-refractivity contribution >= 4 is 11.5 Å². The fraction of sp³-hybridized carbons (Fsp3) is 0.286. The van der Waals surface area contributed by atoms with E-state index in [0.717, 1.165) is 18.8 Å². The van der Waals surface area contributed by atoms with E-state index in [0.29, 0.717) is 11.6 Å². The molecule has 20 heavy (non-hydrogen) atoms. The van der Waals surface area contributed by atoms with E-state index in [9.17, 15) is 0 Å². The Bertz CT molecular complexity index is 678. The van der Waals surface area contributed by atoms with E-state index in [1.165, 1.54) is 10.2 Å². The first-order chi connectivity index (χ1) is 9.83. The van der Waals surface area contributed by atoms with Crippen LogP contribution in [-0.4, -0.2) is 31.8 Å². The van der Waals surface area contributed by atoms with Crippen LogP contribution in [0.15, 0.2) is 42.5 Å². The van der Waals surface area contributed by atoms with E-state index < -0.39 is 0 Å². The second-order valence-corrected chi connectivity index (χ2v) is 4.77. The predicted molar refractivity (Wildman–Crippen MR) is 76.5 cm³/mol. The van der Waals surface area contributed by atoms with Crippen molar-refractivity contribution in [2.45, 2.75) is 19.3 Å². The van der Waals surface area contributed by atoms with Gasteiger partial charge in [0, 0.05) is 6.54 Å². The average molecular weight is 268 g/mol. The van der Waals surface area contributed by atoms with E-state index >= 15 is 0 Å². The number of fused-ring (bicyclic) bond motifs is 1.